The van der Waals surface area contributed by atoms with Gasteiger partial charge in [0.1, 0.15) is 5.54 Å². The molecule has 1 aliphatic carbocycles. The predicted octanol–water partition coefficient (Wildman–Crippen LogP) is 3.48. The van der Waals surface area contributed by atoms with Crippen LogP contribution in [0.4, 0.5) is 4.79 Å². The summed E-state index contributed by atoms with van der Waals surface area (Å²) in [5.41, 5.74) is 0.365. The summed E-state index contributed by atoms with van der Waals surface area (Å²) in [6.45, 7) is 5.09. The van der Waals surface area contributed by atoms with Gasteiger partial charge in [0.25, 0.3) is 5.91 Å². The first-order valence-electron chi connectivity index (χ1n) is 8.91. The van der Waals surface area contributed by atoms with Crippen molar-refractivity contribution in [1.82, 2.24) is 15.1 Å². The van der Waals surface area contributed by atoms with Gasteiger partial charge < -0.3 is 5.32 Å². The number of imide groups is 1. The van der Waals surface area contributed by atoms with E-state index in [9.17, 15) is 9.59 Å². The zero-order valence-electron chi connectivity index (χ0n) is 15.1. The lowest BCUT2D eigenvalue weighted by molar-refractivity contribution is -0.137. The molecule has 3 rings (SSSR count). The molecular formula is C19H26ClN3O2. The van der Waals surface area contributed by atoms with Crippen LogP contribution >= 0.6 is 11.6 Å². The molecular weight excluding hydrogens is 338 g/mol. The fourth-order valence-corrected chi connectivity index (χ4v) is 4.40. The molecule has 0 radical (unpaired) electrons. The van der Waals surface area contributed by atoms with Crippen LogP contribution in [-0.4, -0.2) is 41.0 Å². The average Bonchev–Trinajstić information content (AvgIpc) is 2.81. The summed E-state index contributed by atoms with van der Waals surface area (Å²) < 4.78 is 0. The number of urea groups is 1. The Hall–Kier alpha value is -1.59. The summed E-state index contributed by atoms with van der Waals surface area (Å²) in [7, 11) is 1.91. The van der Waals surface area contributed by atoms with Gasteiger partial charge in [0.05, 0.1) is 6.67 Å². The van der Waals surface area contributed by atoms with Gasteiger partial charge in [-0.15, -0.1) is 0 Å². The van der Waals surface area contributed by atoms with Crippen molar-refractivity contribution < 1.29 is 9.59 Å². The number of amides is 3. The molecule has 1 spiro atoms. The first-order valence-corrected chi connectivity index (χ1v) is 9.29. The summed E-state index contributed by atoms with van der Waals surface area (Å²) in [6, 6.07) is 7.33. The molecule has 3 amide bonds. The lowest BCUT2D eigenvalue weighted by Crippen LogP contribution is -2.59. The fourth-order valence-electron chi connectivity index (χ4n) is 4.27. The highest BCUT2D eigenvalue weighted by Gasteiger charge is 2.58. The van der Waals surface area contributed by atoms with E-state index in [4.69, 9.17) is 11.6 Å². The molecule has 2 fully saturated rings. The van der Waals surface area contributed by atoms with Gasteiger partial charge in [0, 0.05) is 11.6 Å². The van der Waals surface area contributed by atoms with Crippen molar-refractivity contribution in [2.24, 2.45) is 11.8 Å². The topological polar surface area (TPSA) is 52.7 Å². The molecule has 0 bridgehead atoms. The van der Waals surface area contributed by atoms with Gasteiger partial charge in [-0.05, 0) is 49.4 Å². The Labute approximate surface area is 154 Å². The third-order valence-electron chi connectivity index (χ3n) is 5.74. The number of nitrogens with zero attached hydrogens (tertiary/aromatic N) is 2. The summed E-state index contributed by atoms with van der Waals surface area (Å²) in [4.78, 5) is 29.0. The van der Waals surface area contributed by atoms with E-state index in [0.717, 1.165) is 24.8 Å². The number of hydrogen-bond donors (Lipinski definition) is 1. The quantitative estimate of drug-likeness (QED) is 0.833. The van der Waals surface area contributed by atoms with Crippen molar-refractivity contribution in [3.05, 3.63) is 34.9 Å². The number of nitrogens with one attached hydrogen (secondary N) is 1. The van der Waals surface area contributed by atoms with Crippen LogP contribution in [0.3, 0.4) is 0 Å². The maximum absolute atomic E-state index is 13.1. The molecule has 1 saturated heterocycles. The first-order chi connectivity index (χ1) is 11.8. The molecule has 1 N–H and O–H groups in total. The molecule has 5 nitrogen and oxygen atoms in total. The van der Waals surface area contributed by atoms with Crippen LogP contribution in [0.5, 0.6) is 0 Å². The highest BCUT2D eigenvalue weighted by molar-refractivity contribution is 6.30. The molecule has 1 aromatic rings. The molecule has 136 valence electrons. The Balaban J connectivity index is 1.71. The average molecular weight is 364 g/mol. The van der Waals surface area contributed by atoms with Gasteiger partial charge in [-0.25, -0.2) is 9.69 Å². The second kappa shape index (κ2) is 6.96. The minimum absolute atomic E-state index is 0.0693. The van der Waals surface area contributed by atoms with Gasteiger partial charge in [-0.3, -0.25) is 9.69 Å². The van der Waals surface area contributed by atoms with Crippen molar-refractivity contribution in [3.8, 4) is 0 Å². The third-order valence-corrected chi connectivity index (χ3v) is 5.99. The first kappa shape index (κ1) is 18.2. The van der Waals surface area contributed by atoms with Crippen molar-refractivity contribution >= 4 is 23.5 Å². The van der Waals surface area contributed by atoms with Crippen molar-refractivity contribution in [3.63, 3.8) is 0 Å². The lowest BCUT2D eigenvalue weighted by atomic mass is 9.67. The third kappa shape index (κ3) is 3.27. The molecule has 6 heteroatoms. The van der Waals surface area contributed by atoms with Crippen molar-refractivity contribution in [2.45, 2.75) is 45.2 Å². The standard InChI is InChI=1S/C19H26ClN3O2/c1-13-5-4-6-14(2)19(13)17(24)23(18(25)21-19)12-22(3)11-15-7-9-16(20)10-8-15/h7-10,13-14H,4-6,11-12H2,1-3H3,(H,21,25). The van der Waals surface area contributed by atoms with Crippen LogP contribution in [0.15, 0.2) is 24.3 Å². The Morgan fingerprint density at radius 3 is 2.40 bits per heavy atom. The van der Waals surface area contributed by atoms with Gasteiger partial charge >= 0.3 is 6.03 Å². The van der Waals surface area contributed by atoms with E-state index in [-0.39, 0.29) is 30.4 Å². The predicted molar refractivity (Wildman–Crippen MR) is 98.1 cm³/mol. The van der Waals surface area contributed by atoms with Crippen LogP contribution in [0.1, 0.15) is 38.7 Å². The van der Waals surface area contributed by atoms with E-state index in [1.54, 1.807) is 0 Å². The second-order valence-electron chi connectivity index (χ2n) is 7.55. The summed E-state index contributed by atoms with van der Waals surface area (Å²) >= 11 is 5.91. The molecule has 2 atom stereocenters. The van der Waals surface area contributed by atoms with E-state index < -0.39 is 5.54 Å². The Morgan fingerprint density at radius 2 is 1.80 bits per heavy atom. The molecule has 1 aromatic carbocycles. The van der Waals surface area contributed by atoms with E-state index in [1.165, 1.54) is 4.90 Å². The number of halogens is 1. The number of rotatable bonds is 4. The summed E-state index contributed by atoms with van der Waals surface area (Å²) in [6.07, 6.45) is 3.07. The molecule has 1 heterocycles. The lowest BCUT2D eigenvalue weighted by Gasteiger charge is -2.42. The Morgan fingerprint density at radius 1 is 1.20 bits per heavy atom. The van der Waals surface area contributed by atoms with Crippen LogP contribution < -0.4 is 5.32 Å². The zero-order chi connectivity index (χ0) is 18.2. The van der Waals surface area contributed by atoms with E-state index in [2.05, 4.69) is 19.2 Å². The molecule has 2 aliphatic rings. The van der Waals surface area contributed by atoms with Gasteiger partial charge in [0.2, 0.25) is 0 Å². The van der Waals surface area contributed by atoms with Crippen molar-refractivity contribution in [2.75, 3.05) is 13.7 Å². The molecule has 25 heavy (non-hydrogen) atoms. The van der Waals surface area contributed by atoms with Crippen LogP contribution in [0.25, 0.3) is 0 Å². The van der Waals surface area contributed by atoms with E-state index in [1.807, 2.05) is 36.2 Å². The maximum Gasteiger partial charge on any atom is 0.326 e. The normalized spacial score (nSPS) is 29.6. The number of benzene rings is 1. The Kier molecular flexibility index (Phi) is 5.07. The minimum atomic E-state index is -0.726. The fraction of sp³-hybridized carbons (Fsp3) is 0.579. The zero-order valence-corrected chi connectivity index (χ0v) is 15.8. The molecule has 1 saturated carbocycles. The van der Waals surface area contributed by atoms with Gasteiger partial charge in [0.15, 0.2) is 0 Å². The second-order valence-corrected chi connectivity index (χ2v) is 7.98. The number of carbonyl (C=O) groups excluding carboxylic acids is 2. The summed E-state index contributed by atoms with van der Waals surface area (Å²) in [5, 5.41) is 3.74. The highest BCUT2D eigenvalue weighted by atomic mass is 35.5. The number of hydrogen-bond acceptors (Lipinski definition) is 3. The molecule has 1 aliphatic heterocycles. The monoisotopic (exact) mass is 363 g/mol. The maximum atomic E-state index is 13.1. The van der Waals surface area contributed by atoms with Crippen molar-refractivity contribution in [1.29, 1.82) is 0 Å². The SMILES string of the molecule is CC1CCCC(C)C12NC(=O)N(CN(C)Cc1ccc(Cl)cc1)C2=O. The van der Waals surface area contributed by atoms with Crippen LogP contribution in [-0.2, 0) is 11.3 Å². The van der Waals surface area contributed by atoms with E-state index in [0.29, 0.717) is 11.6 Å². The van der Waals surface area contributed by atoms with E-state index >= 15 is 0 Å². The highest BCUT2D eigenvalue weighted by Crippen LogP contribution is 2.42. The largest absolute Gasteiger partial charge is 0.326 e. The van der Waals surface area contributed by atoms with Gasteiger partial charge in [-0.2, -0.15) is 0 Å². The molecule has 2 unspecified atom stereocenters. The molecule has 0 aromatic heterocycles. The summed E-state index contributed by atoms with van der Waals surface area (Å²) in [5.74, 6) is 0.263. The smallest absolute Gasteiger partial charge is 0.323 e. The number of carbonyl (C=O) groups is 2. The van der Waals surface area contributed by atoms with Gasteiger partial charge in [-0.1, -0.05) is 44.0 Å². The van der Waals surface area contributed by atoms with Crippen LogP contribution in [0, 0.1) is 11.8 Å². The van der Waals surface area contributed by atoms with Crippen LogP contribution in [0.2, 0.25) is 5.02 Å². The minimum Gasteiger partial charge on any atom is -0.323 e. The Bertz CT molecular complexity index is 651.